The van der Waals surface area contributed by atoms with Gasteiger partial charge in [-0.3, -0.25) is 0 Å². The first-order chi connectivity index (χ1) is 15.8. The van der Waals surface area contributed by atoms with Gasteiger partial charge in [0.25, 0.3) is 0 Å². The molecule has 0 saturated carbocycles. The van der Waals surface area contributed by atoms with Crippen LogP contribution in [0.1, 0.15) is 30.3 Å². The van der Waals surface area contributed by atoms with Crippen molar-refractivity contribution in [2.45, 2.75) is 26.2 Å². The van der Waals surface area contributed by atoms with E-state index in [1.165, 1.54) is 0 Å². The lowest BCUT2D eigenvalue weighted by molar-refractivity contribution is 0.122. The maximum Gasteiger partial charge on any atom is 0.245 e. The number of hydrogen-bond donors (Lipinski definition) is 0. The quantitative estimate of drug-likeness (QED) is 0.435. The fourth-order valence-corrected chi connectivity index (χ4v) is 3.95. The molecule has 32 heavy (non-hydrogen) atoms. The molecule has 0 atom stereocenters. The molecule has 0 aromatic carbocycles. The number of aryl methyl sites for hydroxylation is 1. The number of pyridine rings is 1. The van der Waals surface area contributed by atoms with E-state index < -0.39 is 0 Å². The molecule has 0 amide bonds. The summed E-state index contributed by atoms with van der Waals surface area (Å²) in [5, 5.41) is 9.08. The summed E-state index contributed by atoms with van der Waals surface area (Å²) in [5.41, 5.74) is 4.23. The Bertz CT molecular complexity index is 1280. The highest BCUT2D eigenvalue weighted by molar-refractivity contribution is 5.58. The maximum atomic E-state index is 7.45. The van der Waals surface area contributed by atoms with E-state index in [0.717, 1.165) is 48.5 Å². The van der Waals surface area contributed by atoms with E-state index >= 15 is 0 Å². The number of rotatable bonds is 6. The zero-order chi connectivity index (χ0) is 21.9. The highest BCUT2D eigenvalue weighted by Crippen LogP contribution is 2.24. The molecule has 4 aromatic heterocycles. The molecule has 4 aromatic rings. The van der Waals surface area contributed by atoms with Crippen molar-refractivity contribution >= 4 is 17.3 Å². The molecular formula is C22H23N9O. The number of nitrogens with zero attached hydrogens (tertiary/aromatic N) is 9. The molecule has 0 N–H and O–H groups in total. The fraction of sp³-hybridized carbons (Fsp3) is 0.364. The van der Waals surface area contributed by atoms with Gasteiger partial charge < -0.3 is 9.64 Å². The molecule has 1 aliphatic rings. The van der Waals surface area contributed by atoms with E-state index in [2.05, 4.69) is 31.9 Å². The molecule has 10 nitrogen and oxygen atoms in total. The third-order valence-electron chi connectivity index (χ3n) is 5.51. The van der Waals surface area contributed by atoms with E-state index in [4.69, 9.17) is 21.3 Å². The van der Waals surface area contributed by atoms with Crippen LogP contribution >= 0.6 is 0 Å². The predicted molar refractivity (Wildman–Crippen MR) is 118 cm³/mol. The number of fused-ring (bicyclic) bond motifs is 1. The Balaban J connectivity index is 1.53. The van der Waals surface area contributed by atoms with E-state index in [1.54, 1.807) is 40.1 Å². The van der Waals surface area contributed by atoms with E-state index in [9.17, 15) is 0 Å². The van der Waals surface area contributed by atoms with Crippen LogP contribution in [0.4, 0.5) is 11.6 Å². The molecule has 0 unspecified atom stereocenters. The van der Waals surface area contributed by atoms with Crippen molar-refractivity contribution in [3.63, 3.8) is 0 Å². The van der Waals surface area contributed by atoms with Crippen LogP contribution in [0.2, 0.25) is 0 Å². The summed E-state index contributed by atoms with van der Waals surface area (Å²) in [4.78, 5) is 19.7. The van der Waals surface area contributed by atoms with Crippen LogP contribution in [0.25, 0.3) is 16.3 Å². The Kier molecular flexibility index (Phi) is 5.47. The van der Waals surface area contributed by atoms with Gasteiger partial charge in [-0.05, 0) is 12.5 Å². The van der Waals surface area contributed by atoms with E-state index in [0.29, 0.717) is 37.1 Å². The largest absolute Gasteiger partial charge is 0.378 e. The Morgan fingerprint density at radius 1 is 1.16 bits per heavy atom. The molecule has 1 aliphatic heterocycles. The van der Waals surface area contributed by atoms with Gasteiger partial charge in [0, 0.05) is 37.5 Å². The zero-order valence-electron chi connectivity index (χ0n) is 17.8. The average molecular weight is 429 g/mol. The van der Waals surface area contributed by atoms with Crippen LogP contribution in [0.15, 0.2) is 36.9 Å². The van der Waals surface area contributed by atoms with Crippen molar-refractivity contribution in [1.82, 2.24) is 34.3 Å². The molecule has 1 fully saturated rings. The minimum atomic E-state index is 0.460. The summed E-state index contributed by atoms with van der Waals surface area (Å²) in [6.45, 7) is 12.5. The number of ether oxygens (including phenoxy) is 1. The second kappa shape index (κ2) is 8.72. The smallest absolute Gasteiger partial charge is 0.245 e. The first-order valence-electron chi connectivity index (χ1n) is 10.7. The van der Waals surface area contributed by atoms with Crippen LogP contribution in [-0.2, 0) is 17.6 Å². The van der Waals surface area contributed by atoms with Crippen molar-refractivity contribution in [3.8, 4) is 5.82 Å². The molecule has 1 saturated heterocycles. The second-order valence-electron chi connectivity index (χ2n) is 7.57. The summed E-state index contributed by atoms with van der Waals surface area (Å²) in [5.74, 6) is 1.24. The lowest BCUT2D eigenvalue weighted by Crippen LogP contribution is -2.36. The highest BCUT2D eigenvalue weighted by atomic mass is 16.5. The lowest BCUT2D eigenvalue weighted by Gasteiger charge is -2.25. The van der Waals surface area contributed by atoms with Crippen LogP contribution < -0.4 is 4.90 Å². The van der Waals surface area contributed by atoms with Gasteiger partial charge in [0.1, 0.15) is 6.33 Å². The Morgan fingerprint density at radius 3 is 2.84 bits per heavy atom. The van der Waals surface area contributed by atoms with Gasteiger partial charge in [0.05, 0.1) is 31.2 Å². The normalized spacial score (nSPS) is 14.1. The zero-order valence-corrected chi connectivity index (χ0v) is 17.8. The summed E-state index contributed by atoms with van der Waals surface area (Å²) >= 11 is 0. The van der Waals surface area contributed by atoms with Gasteiger partial charge in [-0.25, -0.2) is 24.0 Å². The standard InChI is InChI=1S/C22H23N9O/c1-3-5-17-19(14-16-7-9-26-31(16)21-18(23-2)6-4-8-24-21)25-15-30-20(17)27-22(28-30)29-10-12-32-13-11-29/h4,6-9,15H,3,5,10-14H2,1H3. The first-order valence-corrected chi connectivity index (χ1v) is 10.7. The van der Waals surface area contributed by atoms with Crippen molar-refractivity contribution in [1.29, 1.82) is 0 Å². The number of morpholine rings is 1. The minimum Gasteiger partial charge on any atom is -0.378 e. The molecule has 162 valence electrons. The molecule has 0 bridgehead atoms. The van der Waals surface area contributed by atoms with Gasteiger partial charge in [-0.2, -0.15) is 10.1 Å². The summed E-state index contributed by atoms with van der Waals surface area (Å²) in [6.07, 6.45) is 7.50. The van der Waals surface area contributed by atoms with Gasteiger partial charge in [-0.15, -0.1) is 5.10 Å². The Morgan fingerprint density at radius 2 is 2.03 bits per heavy atom. The number of hydrogen-bond acceptors (Lipinski definition) is 7. The molecule has 5 heterocycles. The van der Waals surface area contributed by atoms with Crippen LogP contribution in [0.3, 0.4) is 0 Å². The topological polar surface area (TPSA) is 90.6 Å². The first kappa shape index (κ1) is 20.1. The van der Waals surface area contributed by atoms with E-state index in [-0.39, 0.29) is 0 Å². The van der Waals surface area contributed by atoms with Gasteiger partial charge in [0.15, 0.2) is 11.5 Å². The molecular weight excluding hydrogens is 406 g/mol. The maximum absolute atomic E-state index is 7.45. The fourth-order valence-electron chi connectivity index (χ4n) is 3.95. The number of anilines is 1. The lowest BCUT2D eigenvalue weighted by atomic mass is 10.1. The highest BCUT2D eigenvalue weighted by Gasteiger charge is 2.20. The molecule has 5 rings (SSSR count). The summed E-state index contributed by atoms with van der Waals surface area (Å²) in [7, 11) is 0. The molecule has 0 spiro atoms. The van der Waals surface area contributed by atoms with Gasteiger partial charge >= 0.3 is 0 Å². The van der Waals surface area contributed by atoms with E-state index in [1.807, 2.05) is 6.07 Å². The monoisotopic (exact) mass is 429 g/mol. The Hall–Kier alpha value is -3.84. The molecule has 0 aliphatic carbocycles. The van der Waals surface area contributed by atoms with Crippen LogP contribution in [0, 0.1) is 6.57 Å². The average Bonchev–Trinajstić information content (AvgIpc) is 3.48. The third kappa shape index (κ3) is 3.67. The van der Waals surface area contributed by atoms with Crippen molar-refractivity contribution in [2.75, 3.05) is 31.2 Å². The summed E-state index contributed by atoms with van der Waals surface area (Å²) < 4.78 is 8.94. The third-order valence-corrected chi connectivity index (χ3v) is 5.51. The molecule has 0 radical (unpaired) electrons. The molecule has 10 heteroatoms. The SMILES string of the molecule is [C-]#[N+]c1cccnc1-n1nccc1Cc1ncn2nc(N3CCOCC3)nc2c1CCC. The van der Waals surface area contributed by atoms with Crippen LogP contribution in [-0.4, -0.2) is 60.6 Å². The summed E-state index contributed by atoms with van der Waals surface area (Å²) in [6, 6.07) is 5.44. The van der Waals surface area contributed by atoms with Crippen LogP contribution in [0.5, 0.6) is 0 Å². The van der Waals surface area contributed by atoms with Gasteiger partial charge in [0.2, 0.25) is 11.6 Å². The number of aromatic nitrogens is 7. The minimum absolute atomic E-state index is 0.460. The van der Waals surface area contributed by atoms with Gasteiger partial charge in [-0.1, -0.05) is 25.5 Å². The van der Waals surface area contributed by atoms with Crippen molar-refractivity contribution < 1.29 is 4.74 Å². The second-order valence-corrected chi connectivity index (χ2v) is 7.57. The van der Waals surface area contributed by atoms with Crippen molar-refractivity contribution in [3.05, 3.63) is 65.3 Å². The Labute approximate surface area is 185 Å². The predicted octanol–water partition coefficient (Wildman–Crippen LogP) is 2.64. The van der Waals surface area contributed by atoms with Crippen molar-refractivity contribution in [2.24, 2.45) is 0 Å².